The lowest BCUT2D eigenvalue weighted by Gasteiger charge is -2.40. The number of ether oxygens (including phenoxy) is 3. The molecule has 266 valence electrons. The van der Waals surface area contributed by atoms with Crippen molar-refractivity contribution in [2.24, 2.45) is 0 Å². The summed E-state index contributed by atoms with van der Waals surface area (Å²) in [5.74, 6) is -0.885. The summed E-state index contributed by atoms with van der Waals surface area (Å²) in [5, 5.41) is 62.8. The molecule has 0 aliphatic carbocycles. The Hall–Kier alpha value is -2.92. The topological polar surface area (TPSA) is 207 Å². The molecule has 2 aromatic rings. The molecule has 0 bridgehead atoms. The van der Waals surface area contributed by atoms with Crippen LogP contribution in [0.1, 0.15) is 48.5 Å². The van der Waals surface area contributed by atoms with Crippen molar-refractivity contribution in [3.63, 3.8) is 0 Å². The zero-order chi connectivity index (χ0) is 34.8. The Morgan fingerprint density at radius 1 is 0.917 bits per heavy atom. The molecule has 0 saturated carbocycles. The molecule has 7 atom stereocenters. The minimum atomic E-state index is -1.45. The van der Waals surface area contributed by atoms with Crippen LogP contribution in [0, 0.1) is 0 Å². The molecule has 6 rings (SSSR count). The number of hydrogen-bond acceptors (Lipinski definition) is 11. The molecule has 0 spiro atoms. The smallest absolute Gasteiger partial charge is 0.320 e. The molecule has 8 N–H and O–H groups in total. The Morgan fingerprint density at radius 2 is 1.52 bits per heavy atom. The fourth-order valence-corrected chi connectivity index (χ4v) is 5.80. The lowest BCUT2D eigenvalue weighted by molar-refractivity contribution is -0.231. The van der Waals surface area contributed by atoms with Gasteiger partial charge in [0, 0.05) is 5.02 Å². The number of benzene rings is 2. The maximum absolute atomic E-state index is 14.0. The number of hydrogen-bond donors (Lipinski definition) is 8. The number of aliphatic hydroxyl groups excluding tert-OH is 4. The average Bonchev–Trinajstić information content (AvgIpc) is 3.81. The normalized spacial score (nSPS) is 29.0. The predicted molar refractivity (Wildman–Crippen MR) is 171 cm³/mol. The first-order chi connectivity index (χ1) is 22.9. The van der Waals surface area contributed by atoms with E-state index in [1.165, 1.54) is 0 Å². The van der Waals surface area contributed by atoms with Crippen LogP contribution in [0.3, 0.4) is 0 Å². The Bertz CT molecular complexity index is 1310. The van der Waals surface area contributed by atoms with Gasteiger partial charge in [0.05, 0.1) is 19.8 Å². The summed E-state index contributed by atoms with van der Waals surface area (Å²) < 4.78 is 30.0. The number of aliphatic carboxylic acids is 2. The van der Waals surface area contributed by atoms with Gasteiger partial charge in [-0.2, -0.15) is 0 Å². The molecule has 4 aliphatic heterocycles. The van der Waals surface area contributed by atoms with Crippen LogP contribution in [0.4, 0.5) is 4.39 Å². The Kier molecular flexibility index (Phi) is 13.9. The van der Waals surface area contributed by atoms with Gasteiger partial charge >= 0.3 is 11.9 Å². The third-order valence-electron chi connectivity index (χ3n) is 8.54. The van der Waals surface area contributed by atoms with Crippen molar-refractivity contribution in [3.8, 4) is 5.75 Å². The molecule has 0 amide bonds. The summed E-state index contributed by atoms with van der Waals surface area (Å²) >= 11 is 6.37. The van der Waals surface area contributed by atoms with E-state index < -0.39 is 54.7 Å². The summed E-state index contributed by atoms with van der Waals surface area (Å²) in [6.07, 6.45) is -2.10. The summed E-state index contributed by atoms with van der Waals surface area (Å²) in [4.78, 5) is 20.3. The van der Waals surface area contributed by atoms with E-state index in [2.05, 4.69) is 10.6 Å². The summed E-state index contributed by atoms with van der Waals surface area (Å²) in [6.45, 7) is 1.27. The van der Waals surface area contributed by atoms with Crippen LogP contribution in [0.2, 0.25) is 5.02 Å². The van der Waals surface area contributed by atoms with Crippen LogP contribution < -0.4 is 15.4 Å². The summed E-state index contributed by atoms with van der Waals surface area (Å²) in [5.41, 5.74) is 0.852. The quantitative estimate of drug-likeness (QED) is 0.186. The molecular weight excluding hydrogens is 655 g/mol. The number of aliphatic hydroxyl groups is 4. The molecule has 0 radical (unpaired) electrons. The third-order valence-corrected chi connectivity index (χ3v) is 8.91. The Balaban J connectivity index is 0.000000264. The summed E-state index contributed by atoms with van der Waals surface area (Å²) in [6, 6.07) is 11.8. The van der Waals surface area contributed by atoms with Gasteiger partial charge in [0.2, 0.25) is 0 Å². The van der Waals surface area contributed by atoms with Gasteiger partial charge in [0.25, 0.3) is 0 Å². The van der Waals surface area contributed by atoms with Crippen molar-refractivity contribution in [1.29, 1.82) is 0 Å². The van der Waals surface area contributed by atoms with Crippen molar-refractivity contribution in [1.82, 2.24) is 10.6 Å². The fourth-order valence-electron chi connectivity index (χ4n) is 5.62. The first-order valence-corrected chi connectivity index (χ1v) is 16.3. The predicted octanol–water partition coefficient (Wildman–Crippen LogP) is 1.21. The standard InChI is InChI=1S/C23H26ClFO7.2C5H9NO2/c24-17-6-3-14(22-21(29)20(28)19(27)18(9-26)32-22)8-15(17)7-13-1-4-16(5-2-13)31-12-23(25)10-30-11-23;2*7-5(8)4-2-1-3-6-4/h1-6,8,18-22,26-29H,7,9-12H2;2*4,6H,1-3H2,(H,7,8)/t18-,19-,20+,21-,22+;2*4-/m100/s1. The van der Waals surface area contributed by atoms with Crippen LogP contribution in [0.25, 0.3) is 0 Å². The van der Waals surface area contributed by atoms with Crippen molar-refractivity contribution < 1.29 is 58.8 Å². The molecule has 48 heavy (non-hydrogen) atoms. The molecule has 0 aromatic heterocycles. The molecule has 15 heteroatoms. The number of rotatable bonds is 9. The van der Waals surface area contributed by atoms with Crippen molar-refractivity contribution in [2.75, 3.05) is 39.5 Å². The van der Waals surface area contributed by atoms with Gasteiger partial charge in [-0.1, -0.05) is 35.9 Å². The highest BCUT2D eigenvalue weighted by Crippen LogP contribution is 2.34. The van der Waals surface area contributed by atoms with E-state index >= 15 is 0 Å². The monoisotopic (exact) mass is 698 g/mol. The fraction of sp³-hybridized carbons (Fsp3) is 0.576. The number of carboxylic acids is 2. The zero-order valence-electron chi connectivity index (χ0n) is 26.3. The van der Waals surface area contributed by atoms with E-state index in [4.69, 9.17) is 36.0 Å². The van der Waals surface area contributed by atoms with E-state index in [1.54, 1.807) is 30.3 Å². The second kappa shape index (κ2) is 17.7. The van der Waals surface area contributed by atoms with Gasteiger partial charge in [-0.15, -0.1) is 0 Å². The molecule has 13 nitrogen and oxygen atoms in total. The number of alkyl halides is 1. The van der Waals surface area contributed by atoms with Gasteiger partial charge in [-0.25, -0.2) is 4.39 Å². The molecule has 4 saturated heterocycles. The number of carbonyl (C=O) groups is 2. The third kappa shape index (κ3) is 10.3. The van der Waals surface area contributed by atoms with E-state index in [0.717, 1.165) is 49.9 Å². The lowest BCUT2D eigenvalue weighted by atomic mass is 9.90. The highest BCUT2D eigenvalue weighted by molar-refractivity contribution is 6.31. The van der Waals surface area contributed by atoms with Gasteiger partial charge in [0.15, 0.2) is 5.67 Å². The second-order valence-electron chi connectivity index (χ2n) is 12.3. The highest BCUT2D eigenvalue weighted by Gasteiger charge is 2.44. The van der Waals surface area contributed by atoms with Crippen LogP contribution in [-0.4, -0.2) is 124 Å². The largest absolute Gasteiger partial charge is 0.490 e. The Labute approximate surface area is 282 Å². The van der Waals surface area contributed by atoms with Crippen LogP contribution in [-0.2, 0) is 25.5 Å². The number of carboxylic acid groups (broad SMARTS) is 2. The minimum Gasteiger partial charge on any atom is -0.490 e. The van der Waals surface area contributed by atoms with Crippen molar-refractivity contribution in [3.05, 3.63) is 64.2 Å². The van der Waals surface area contributed by atoms with Gasteiger partial charge in [0.1, 0.15) is 55.0 Å². The highest BCUT2D eigenvalue weighted by atomic mass is 35.5. The van der Waals surface area contributed by atoms with Gasteiger partial charge in [-0.05, 0) is 80.1 Å². The molecule has 4 fully saturated rings. The molecular formula is C33H44ClFN2O11. The van der Waals surface area contributed by atoms with E-state index in [9.17, 15) is 34.4 Å². The van der Waals surface area contributed by atoms with Crippen molar-refractivity contribution >= 4 is 23.5 Å². The van der Waals surface area contributed by atoms with Crippen LogP contribution in [0.5, 0.6) is 5.75 Å². The van der Waals surface area contributed by atoms with Gasteiger partial charge < -0.3 is 55.5 Å². The summed E-state index contributed by atoms with van der Waals surface area (Å²) in [7, 11) is 0. The SMILES string of the molecule is O=C(O)[C@@H]1CCCN1.O=C(O)[C@@H]1CCCN1.OC[C@H]1O[C@@H](c2ccc(Cl)c(Cc3ccc(OCC4(F)COC4)cc3)c2)[C@H](O)[C@@H](O)[C@@H]1O. The molecule has 4 aliphatic rings. The van der Waals surface area contributed by atoms with Gasteiger partial charge in [-0.3, -0.25) is 9.59 Å². The maximum Gasteiger partial charge on any atom is 0.320 e. The molecule has 4 heterocycles. The van der Waals surface area contributed by atoms with Crippen molar-refractivity contribution in [2.45, 2.75) is 80.4 Å². The first kappa shape index (κ1) is 37.9. The molecule has 0 unspecified atom stereocenters. The van der Waals surface area contributed by atoms with Crippen LogP contribution in [0.15, 0.2) is 42.5 Å². The molecule has 2 aromatic carbocycles. The first-order valence-electron chi connectivity index (χ1n) is 15.9. The lowest BCUT2D eigenvalue weighted by Crippen LogP contribution is -2.55. The Morgan fingerprint density at radius 3 is 1.98 bits per heavy atom. The number of halogens is 2. The van der Waals surface area contributed by atoms with E-state index in [0.29, 0.717) is 22.8 Å². The zero-order valence-corrected chi connectivity index (χ0v) is 27.1. The number of nitrogens with one attached hydrogen (secondary N) is 2. The van der Waals surface area contributed by atoms with E-state index in [-0.39, 0.29) is 31.9 Å². The average molecular weight is 699 g/mol. The minimum absolute atomic E-state index is 0.0500. The maximum atomic E-state index is 14.0. The second-order valence-corrected chi connectivity index (χ2v) is 12.7. The van der Waals surface area contributed by atoms with E-state index in [1.807, 2.05) is 12.1 Å². The van der Waals surface area contributed by atoms with Crippen LogP contribution >= 0.6 is 11.6 Å².